The van der Waals surface area contributed by atoms with Crippen molar-refractivity contribution in [3.05, 3.63) is 69.2 Å². The van der Waals surface area contributed by atoms with Gasteiger partial charge in [-0.2, -0.15) is 0 Å². The number of sulfonamides is 1. The maximum atomic E-state index is 12.1. The highest BCUT2D eigenvalue weighted by molar-refractivity contribution is 7.89. The van der Waals surface area contributed by atoms with Crippen LogP contribution in [0.1, 0.15) is 5.56 Å². The molecule has 0 aliphatic rings. The first-order valence-electron chi connectivity index (χ1n) is 5.87. The molecule has 0 amide bonds. The molecule has 6 nitrogen and oxygen atoms in total. The first-order valence-corrected chi connectivity index (χ1v) is 7.73. The van der Waals surface area contributed by atoms with E-state index in [1.54, 1.807) is 24.3 Å². The Hall–Kier alpha value is -1.96. The molecule has 110 valence electrons. The number of non-ortho nitro benzene ring substituents is 1. The number of hydrogen-bond donors (Lipinski definition) is 1. The van der Waals surface area contributed by atoms with Crippen molar-refractivity contribution < 1.29 is 13.3 Å². The predicted molar refractivity (Wildman–Crippen MR) is 78.6 cm³/mol. The molecule has 2 aromatic rings. The molecule has 0 unspecified atom stereocenters. The van der Waals surface area contributed by atoms with Crippen LogP contribution >= 0.6 is 11.6 Å². The Bertz CT molecular complexity index is 760. The Kier molecular flexibility index (Phi) is 4.56. The minimum Gasteiger partial charge on any atom is -0.258 e. The number of nitro benzene ring substituents is 1. The van der Waals surface area contributed by atoms with Crippen molar-refractivity contribution >= 4 is 27.3 Å². The van der Waals surface area contributed by atoms with Gasteiger partial charge in [-0.05, 0) is 29.8 Å². The molecule has 1 N–H and O–H groups in total. The summed E-state index contributed by atoms with van der Waals surface area (Å²) in [5, 5.41) is 11.0. The third kappa shape index (κ3) is 4.01. The maximum Gasteiger partial charge on any atom is 0.269 e. The van der Waals surface area contributed by atoms with E-state index in [4.69, 9.17) is 11.6 Å². The number of halogens is 1. The fraction of sp³-hybridized carbons (Fsp3) is 0.0769. The molecule has 0 atom stereocenters. The summed E-state index contributed by atoms with van der Waals surface area (Å²) < 4.78 is 26.5. The van der Waals surface area contributed by atoms with Crippen molar-refractivity contribution in [2.75, 3.05) is 0 Å². The van der Waals surface area contributed by atoms with Gasteiger partial charge < -0.3 is 0 Å². The molecule has 2 rings (SSSR count). The highest BCUT2D eigenvalue weighted by Crippen LogP contribution is 2.16. The van der Waals surface area contributed by atoms with Crippen molar-refractivity contribution in [3.63, 3.8) is 0 Å². The summed E-state index contributed by atoms with van der Waals surface area (Å²) in [5.41, 5.74) is 0.553. The van der Waals surface area contributed by atoms with Gasteiger partial charge in [-0.1, -0.05) is 23.7 Å². The van der Waals surface area contributed by atoms with Gasteiger partial charge in [0.2, 0.25) is 10.0 Å². The fourth-order valence-electron chi connectivity index (χ4n) is 1.66. The average Bonchev–Trinajstić information content (AvgIpc) is 2.45. The summed E-state index contributed by atoms with van der Waals surface area (Å²) in [5.74, 6) is 0. The van der Waals surface area contributed by atoms with Crippen LogP contribution in [0, 0.1) is 10.1 Å². The van der Waals surface area contributed by atoms with Crippen molar-refractivity contribution in [2.45, 2.75) is 11.4 Å². The highest BCUT2D eigenvalue weighted by Gasteiger charge is 2.15. The van der Waals surface area contributed by atoms with Crippen LogP contribution in [0.3, 0.4) is 0 Å². The molecule has 0 aromatic heterocycles. The van der Waals surface area contributed by atoms with E-state index >= 15 is 0 Å². The van der Waals surface area contributed by atoms with Gasteiger partial charge in [0, 0.05) is 23.7 Å². The lowest BCUT2D eigenvalue weighted by Gasteiger charge is -2.07. The van der Waals surface area contributed by atoms with Crippen LogP contribution in [0.4, 0.5) is 5.69 Å². The van der Waals surface area contributed by atoms with E-state index in [1.807, 2.05) is 0 Å². The minimum absolute atomic E-state index is 0.0323. The quantitative estimate of drug-likeness (QED) is 0.675. The third-order valence-electron chi connectivity index (χ3n) is 2.71. The molecule has 0 spiro atoms. The largest absolute Gasteiger partial charge is 0.269 e. The Morgan fingerprint density at radius 1 is 1.14 bits per heavy atom. The van der Waals surface area contributed by atoms with Gasteiger partial charge in [0.25, 0.3) is 5.69 Å². The van der Waals surface area contributed by atoms with Crippen molar-refractivity contribution in [3.8, 4) is 0 Å². The predicted octanol–water partition coefficient (Wildman–Crippen LogP) is 2.73. The second-order valence-electron chi connectivity index (χ2n) is 4.21. The molecule has 0 aliphatic heterocycles. The van der Waals surface area contributed by atoms with Crippen LogP contribution in [0.25, 0.3) is 0 Å². The van der Waals surface area contributed by atoms with E-state index in [9.17, 15) is 18.5 Å². The number of benzene rings is 2. The van der Waals surface area contributed by atoms with Gasteiger partial charge in [0.15, 0.2) is 0 Å². The van der Waals surface area contributed by atoms with Crippen LogP contribution in [0.5, 0.6) is 0 Å². The maximum absolute atomic E-state index is 12.1. The van der Waals surface area contributed by atoms with E-state index in [1.165, 1.54) is 12.1 Å². The smallest absolute Gasteiger partial charge is 0.258 e. The van der Waals surface area contributed by atoms with Crippen molar-refractivity contribution in [1.82, 2.24) is 4.72 Å². The van der Waals surface area contributed by atoms with E-state index in [-0.39, 0.29) is 17.1 Å². The highest BCUT2D eigenvalue weighted by atomic mass is 35.5. The Balaban J connectivity index is 2.13. The topological polar surface area (TPSA) is 89.3 Å². The molecule has 0 heterocycles. The van der Waals surface area contributed by atoms with Crippen molar-refractivity contribution in [2.24, 2.45) is 0 Å². The number of nitrogens with zero attached hydrogens (tertiary/aromatic N) is 1. The zero-order valence-electron chi connectivity index (χ0n) is 10.7. The van der Waals surface area contributed by atoms with E-state index in [0.717, 1.165) is 12.1 Å². The number of nitro groups is 1. The van der Waals surface area contributed by atoms with Gasteiger partial charge in [-0.15, -0.1) is 0 Å². The Morgan fingerprint density at radius 2 is 1.81 bits per heavy atom. The SMILES string of the molecule is O=[N+]([O-])c1ccc(S(=O)(=O)NCc2cccc(Cl)c2)cc1. The van der Waals surface area contributed by atoms with Crippen LogP contribution < -0.4 is 4.72 Å². The number of rotatable bonds is 5. The van der Waals surface area contributed by atoms with Crippen LogP contribution in [0.15, 0.2) is 53.4 Å². The van der Waals surface area contributed by atoms with E-state index < -0.39 is 14.9 Å². The zero-order chi connectivity index (χ0) is 15.5. The molecule has 0 aliphatic carbocycles. The lowest BCUT2D eigenvalue weighted by molar-refractivity contribution is -0.384. The second kappa shape index (κ2) is 6.21. The minimum atomic E-state index is -3.73. The molecule has 0 fully saturated rings. The average molecular weight is 327 g/mol. The Labute approximate surface area is 126 Å². The number of nitrogens with one attached hydrogen (secondary N) is 1. The lowest BCUT2D eigenvalue weighted by Crippen LogP contribution is -2.23. The first kappa shape index (κ1) is 15.4. The lowest BCUT2D eigenvalue weighted by atomic mass is 10.2. The van der Waals surface area contributed by atoms with Gasteiger partial charge in [-0.25, -0.2) is 13.1 Å². The molecule has 8 heteroatoms. The van der Waals surface area contributed by atoms with E-state index in [0.29, 0.717) is 10.6 Å². The molecule has 0 saturated carbocycles. The van der Waals surface area contributed by atoms with Crippen molar-refractivity contribution in [1.29, 1.82) is 0 Å². The molecule has 2 aromatic carbocycles. The Morgan fingerprint density at radius 3 is 2.38 bits per heavy atom. The van der Waals surface area contributed by atoms with Gasteiger partial charge in [0.05, 0.1) is 9.82 Å². The normalized spacial score (nSPS) is 11.3. The molecule has 0 bridgehead atoms. The van der Waals surface area contributed by atoms with Crippen LogP contribution in [-0.4, -0.2) is 13.3 Å². The van der Waals surface area contributed by atoms with E-state index in [2.05, 4.69) is 4.72 Å². The van der Waals surface area contributed by atoms with Gasteiger partial charge in [0.1, 0.15) is 0 Å². The zero-order valence-corrected chi connectivity index (χ0v) is 12.3. The fourth-order valence-corrected chi connectivity index (χ4v) is 2.89. The standard InChI is InChI=1S/C13H11ClN2O4S/c14-11-3-1-2-10(8-11)9-15-21(19,20)13-6-4-12(5-7-13)16(17)18/h1-8,15H,9H2. The van der Waals surface area contributed by atoms with Crippen LogP contribution in [-0.2, 0) is 16.6 Å². The summed E-state index contributed by atoms with van der Waals surface area (Å²) in [6.07, 6.45) is 0. The van der Waals surface area contributed by atoms with Gasteiger partial charge >= 0.3 is 0 Å². The summed E-state index contributed by atoms with van der Waals surface area (Å²) in [6.45, 7) is 0.0832. The first-order chi connectivity index (χ1) is 9.88. The summed E-state index contributed by atoms with van der Waals surface area (Å²) >= 11 is 5.82. The monoisotopic (exact) mass is 326 g/mol. The number of hydrogen-bond acceptors (Lipinski definition) is 4. The summed E-state index contributed by atoms with van der Waals surface area (Å²) in [4.78, 5) is 9.91. The molecular formula is C13H11ClN2O4S. The molecular weight excluding hydrogens is 316 g/mol. The third-order valence-corrected chi connectivity index (χ3v) is 4.37. The van der Waals surface area contributed by atoms with Crippen LogP contribution in [0.2, 0.25) is 5.02 Å². The molecule has 0 radical (unpaired) electrons. The molecule has 21 heavy (non-hydrogen) atoms. The summed E-state index contributed by atoms with van der Waals surface area (Å²) in [7, 11) is -3.73. The second-order valence-corrected chi connectivity index (χ2v) is 6.41. The van der Waals surface area contributed by atoms with Gasteiger partial charge in [-0.3, -0.25) is 10.1 Å². The summed E-state index contributed by atoms with van der Waals surface area (Å²) in [6, 6.07) is 11.5. The molecule has 0 saturated heterocycles.